The van der Waals surface area contributed by atoms with Crippen molar-refractivity contribution in [3.8, 4) is 22.8 Å². The summed E-state index contributed by atoms with van der Waals surface area (Å²) in [6, 6.07) is 7.71. The molecule has 2 aromatic rings. The van der Waals surface area contributed by atoms with Crippen LogP contribution >= 0.6 is 0 Å². The molecule has 0 aliphatic carbocycles. The number of piperidine rings is 1. The number of aryl methyl sites for hydroxylation is 1. The smallest absolute Gasteiger partial charge is 0.171 e. The molecule has 1 aliphatic heterocycles. The van der Waals surface area contributed by atoms with E-state index in [9.17, 15) is 0 Å². The number of hydrogen-bond acceptors (Lipinski definition) is 5. The van der Waals surface area contributed by atoms with Gasteiger partial charge >= 0.3 is 0 Å². The first kappa shape index (κ1) is 15.7. The van der Waals surface area contributed by atoms with Crippen LogP contribution in [-0.2, 0) is 7.05 Å². The zero-order valence-electron chi connectivity index (χ0n) is 14.0. The largest absolute Gasteiger partial charge is 0.493 e. The number of methoxy groups -OCH3 is 1. The topological polar surface area (TPSA) is 65.5 Å². The quantitative estimate of drug-likeness (QED) is 0.936. The molecule has 6 nitrogen and oxygen atoms in total. The average Bonchev–Trinajstić information content (AvgIpc) is 2.87. The minimum Gasteiger partial charge on any atom is -0.493 e. The Bertz CT molecular complexity index is 664. The molecule has 2 N–H and O–H groups in total. The van der Waals surface area contributed by atoms with Crippen molar-refractivity contribution in [1.82, 2.24) is 14.7 Å². The Balaban J connectivity index is 1.96. The molecule has 1 fully saturated rings. The minimum absolute atomic E-state index is 0.157. The number of rotatable bonds is 4. The molecular formula is C17H24N4O2. The number of likely N-dealkylation sites (N-methyl/N-ethyl adjacent to an activating group) is 1. The van der Waals surface area contributed by atoms with Crippen LogP contribution in [0, 0.1) is 0 Å². The Morgan fingerprint density at radius 2 is 2.13 bits per heavy atom. The van der Waals surface area contributed by atoms with Crippen molar-refractivity contribution in [2.24, 2.45) is 7.05 Å². The van der Waals surface area contributed by atoms with Gasteiger partial charge in [0.15, 0.2) is 11.5 Å². The maximum atomic E-state index is 6.33. The number of benzene rings is 1. The standard InChI is InChI=1S/C17H24N4O2/c1-20-9-5-6-12(11-20)23-17-13(7-4-8-15(17)22-3)14-10-16(18)21(2)19-14/h4,7-8,10,12H,5-6,9,11,18H2,1-3H3. The highest BCUT2D eigenvalue weighted by Crippen LogP contribution is 2.39. The number of ether oxygens (including phenoxy) is 2. The van der Waals surface area contributed by atoms with Crippen molar-refractivity contribution in [1.29, 1.82) is 0 Å². The van der Waals surface area contributed by atoms with Crippen molar-refractivity contribution < 1.29 is 9.47 Å². The molecule has 2 heterocycles. The van der Waals surface area contributed by atoms with Gasteiger partial charge in [0.1, 0.15) is 11.9 Å². The van der Waals surface area contributed by atoms with Gasteiger partial charge in [-0.1, -0.05) is 6.07 Å². The fraction of sp³-hybridized carbons (Fsp3) is 0.471. The van der Waals surface area contributed by atoms with Crippen LogP contribution in [0.4, 0.5) is 5.82 Å². The predicted octanol–water partition coefficient (Wildman–Crippen LogP) is 2.15. The van der Waals surface area contributed by atoms with Crippen LogP contribution in [0.3, 0.4) is 0 Å². The van der Waals surface area contributed by atoms with E-state index in [1.807, 2.05) is 31.3 Å². The Morgan fingerprint density at radius 1 is 1.30 bits per heavy atom. The van der Waals surface area contributed by atoms with E-state index in [1.165, 1.54) is 0 Å². The lowest BCUT2D eigenvalue weighted by molar-refractivity contribution is 0.102. The molecular weight excluding hydrogens is 292 g/mol. The lowest BCUT2D eigenvalue weighted by atomic mass is 10.1. The molecule has 1 aromatic heterocycles. The summed E-state index contributed by atoms with van der Waals surface area (Å²) < 4.78 is 13.5. The van der Waals surface area contributed by atoms with Crippen molar-refractivity contribution in [2.75, 3.05) is 33.0 Å². The summed E-state index contributed by atoms with van der Waals surface area (Å²) in [7, 11) is 5.61. The molecule has 1 aromatic carbocycles. The lowest BCUT2D eigenvalue weighted by Gasteiger charge is -2.30. The van der Waals surface area contributed by atoms with E-state index in [1.54, 1.807) is 11.8 Å². The Hall–Kier alpha value is -2.21. The van der Waals surface area contributed by atoms with Gasteiger partial charge in [0.25, 0.3) is 0 Å². The van der Waals surface area contributed by atoms with Crippen LogP contribution < -0.4 is 15.2 Å². The second-order valence-electron chi connectivity index (χ2n) is 6.06. The molecule has 1 atom stereocenters. The van der Waals surface area contributed by atoms with Crippen LogP contribution in [0.15, 0.2) is 24.3 Å². The van der Waals surface area contributed by atoms with E-state index in [2.05, 4.69) is 17.0 Å². The first-order valence-electron chi connectivity index (χ1n) is 7.90. The number of aromatic nitrogens is 2. The molecule has 0 radical (unpaired) electrons. The fourth-order valence-electron chi connectivity index (χ4n) is 3.00. The number of nitrogens with two attached hydrogens (primary N) is 1. The van der Waals surface area contributed by atoms with E-state index in [-0.39, 0.29) is 6.10 Å². The molecule has 1 aliphatic rings. The van der Waals surface area contributed by atoms with Gasteiger partial charge < -0.3 is 20.1 Å². The van der Waals surface area contributed by atoms with E-state index < -0.39 is 0 Å². The number of nitrogen functional groups attached to an aromatic ring is 1. The van der Waals surface area contributed by atoms with E-state index in [0.717, 1.165) is 48.7 Å². The molecule has 1 unspecified atom stereocenters. The summed E-state index contributed by atoms with van der Waals surface area (Å²) in [5.74, 6) is 2.08. The van der Waals surface area contributed by atoms with Gasteiger partial charge in [-0.05, 0) is 38.6 Å². The highest BCUT2D eigenvalue weighted by Gasteiger charge is 2.23. The lowest BCUT2D eigenvalue weighted by Crippen LogP contribution is -2.38. The predicted molar refractivity (Wildman–Crippen MR) is 90.8 cm³/mol. The van der Waals surface area contributed by atoms with Gasteiger partial charge in [0.2, 0.25) is 0 Å². The second kappa shape index (κ2) is 6.50. The second-order valence-corrected chi connectivity index (χ2v) is 6.06. The van der Waals surface area contributed by atoms with Crippen molar-refractivity contribution >= 4 is 5.82 Å². The monoisotopic (exact) mass is 316 g/mol. The maximum Gasteiger partial charge on any atom is 0.171 e. The highest BCUT2D eigenvalue weighted by atomic mass is 16.5. The summed E-state index contributed by atoms with van der Waals surface area (Å²) >= 11 is 0. The first-order valence-corrected chi connectivity index (χ1v) is 7.90. The van der Waals surface area contributed by atoms with E-state index in [4.69, 9.17) is 15.2 Å². The molecule has 0 bridgehead atoms. The third kappa shape index (κ3) is 3.27. The van der Waals surface area contributed by atoms with Gasteiger partial charge in [-0.15, -0.1) is 0 Å². The van der Waals surface area contributed by atoms with Crippen LogP contribution in [0.5, 0.6) is 11.5 Å². The van der Waals surface area contributed by atoms with Crippen molar-refractivity contribution in [3.63, 3.8) is 0 Å². The average molecular weight is 316 g/mol. The maximum absolute atomic E-state index is 6.33. The van der Waals surface area contributed by atoms with Gasteiger partial charge in [0, 0.05) is 25.2 Å². The zero-order chi connectivity index (χ0) is 16.4. The van der Waals surface area contributed by atoms with Crippen LogP contribution in [0.1, 0.15) is 12.8 Å². The molecule has 6 heteroatoms. The Kier molecular flexibility index (Phi) is 4.43. The molecule has 0 saturated carbocycles. The van der Waals surface area contributed by atoms with Crippen LogP contribution in [0.25, 0.3) is 11.3 Å². The summed E-state index contributed by atoms with van der Waals surface area (Å²) in [6.45, 7) is 2.04. The zero-order valence-corrected chi connectivity index (χ0v) is 14.0. The Labute approximate surface area is 136 Å². The van der Waals surface area contributed by atoms with Gasteiger partial charge in [-0.25, -0.2) is 0 Å². The van der Waals surface area contributed by atoms with Crippen LogP contribution in [0.2, 0.25) is 0 Å². The molecule has 0 amide bonds. The molecule has 3 rings (SSSR count). The number of likely N-dealkylation sites (tertiary alicyclic amines) is 1. The summed E-state index contributed by atoms with van der Waals surface area (Å²) in [5, 5.41) is 4.47. The SMILES string of the molecule is COc1cccc(-c2cc(N)n(C)n2)c1OC1CCCN(C)C1. The number of hydrogen-bond donors (Lipinski definition) is 1. The molecule has 124 valence electrons. The fourth-order valence-corrected chi connectivity index (χ4v) is 3.00. The van der Waals surface area contributed by atoms with E-state index in [0.29, 0.717) is 5.82 Å². The van der Waals surface area contributed by atoms with Crippen molar-refractivity contribution in [3.05, 3.63) is 24.3 Å². The normalized spacial score (nSPS) is 18.8. The Morgan fingerprint density at radius 3 is 2.78 bits per heavy atom. The first-order chi connectivity index (χ1) is 11.1. The van der Waals surface area contributed by atoms with Gasteiger partial charge in [0.05, 0.1) is 12.8 Å². The van der Waals surface area contributed by atoms with Crippen LogP contribution in [-0.4, -0.2) is 48.0 Å². The summed E-state index contributed by atoms with van der Waals surface area (Å²) in [5.41, 5.74) is 7.62. The van der Waals surface area contributed by atoms with Crippen molar-refractivity contribution in [2.45, 2.75) is 18.9 Å². The number of nitrogens with zero attached hydrogens (tertiary/aromatic N) is 3. The molecule has 1 saturated heterocycles. The molecule has 0 spiro atoms. The molecule has 23 heavy (non-hydrogen) atoms. The summed E-state index contributed by atoms with van der Waals surface area (Å²) in [4.78, 5) is 2.29. The minimum atomic E-state index is 0.157. The number of para-hydroxylation sites is 1. The third-order valence-corrected chi connectivity index (χ3v) is 4.26. The van der Waals surface area contributed by atoms with E-state index >= 15 is 0 Å². The highest BCUT2D eigenvalue weighted by molar-refractivity contribution is 5.72. The van der Waals surface area contributed by atoms with Gasteiger partial charge in [-0.3, -0.25) is 4.68 Å². The van der Waals surface area contributed by atoms with Gasteiger partial charge in [-0.2, -0.15) is 5.10 Å². The third-order valence-electron chi connectivity index (χ3n) is 4.26. The summed E-state index contributed by atoms with van der Waals surface area (Å²) in [6.07, 6.45) is 2.35. The number of anilines is 1.